The number of thiazole rings is 1. The average molecular weight is 380 g/mol. The molecule has 2 N–H and O–H groups in total. The number of benzene rings is 1. The fourth-order valence-corrected chi connectivity index (χ4v) is 5.31. The van der Waals surface area contributed by atoms with Crippen LogP contribution < -0.4 is 16.2 Å². The Hall–Kier alpha value is -2.51. The number of pyridine rings is 1. The second-order valence-corrected chi connectivity index (χ2v) is 8.14. The summed E-state index contributed by atoms with van der Waals surface area (Å²) in [5.41, 5.74) is 4.70. The molecular weight excluding hydrogens is 360 g/mol. The van der Waals surface area contributed by atoms with Crippen molar-refractivity contribution in [2.24, 2.45) is 5.92 Å². The third-order valence-electron chi connectivity index (χ3n) is 5.71. The van der Waals surface area contributed by atoms with Gasteiger partial charge in [0.25, 0.3) is 5.56 Å². The number of carbonyl (C=O) groups excluding carboxylic acids is 1. The van der Waals surface area contributed by atoms with E-state index in [0.717, 1.165) is 41.0 Å². The van der Waals surface area contributed by atoms with Crippen LogP contribution in [0.15, 0.2) is 46.7 Å². The lowest BCUT2D eigenvalue weighted by Gasteiger charge is -2.42. The lowest BCUT2D eigenvalue weighted by molar-refractivity contribution is -0.127. The minimum atomic E-state index is -0.460. The summed E-state index contributed by atoms with van der Waals surface area (Å²) in [5.74, 6) is 0.349. The highest BCUT2D eigenvalue weighted by atomic mass is 32.1. The van der Waals surface area contributed by atoms with Crippen molar-refractivity contribution in [3.63, 3.8) is 0 Å². The summed E-state index contributed by atoms with van der Waals surface area (Å²) in [7, 11) is 0. The Bertz CT molecular complexity index is 1070. The van der Waals surface area contributed by atoms with E-state index in [1.807, 2.05) is 29.8 Å². The van der Waals surface area contributed by atoms with Gasteiger partial charge in [0, 0.05) is 43.2 Å². The summed E-state index contributed by atoms with van der Waals surface area (Å²) in [6.07, 6.45) is 0.943. The maximum Gasteiger partial charge on any atom is 0.251 e. The molecule has 1 saturated heterocycles. The number of aromatic nitrogens is 2. The van der Waals surface area contributed by atoms with Crippen molar-refractivity contribution in [1.82, 2.24) is 20.2 Å². The number of piperidine rings is 1. The molecule has 27 heavy (non-hydrogen) atoms. The molecule has 4 heterocycles. The van der Waals surface area contributed by atoms with E-state index in [4.69, 9.17) is 0 Å². The molecule has 1 fully saturated rings. The normalized spacial score (nSPS) is 23.8. The van der Waals surface area contributed by atoms with E-state index in [0.29, 0.717) is 12.5 Å². The number of nitrogens with zero attached hydrogens (tertiary/aromatic N) is 2. The van der Waals surface area contributed by atoms with Gasteiger partial charge in [0.2, 0.25) is 5.91 Å². The molecule has 138 valence electrons. The second-order valence-electron chi connectivity index (χ2n) is 7.29. The molecule has 5 rings (SSSR count). The predicted molar refractivity (Wildman–Crippen MR) is 105 cm³/mol. The molecule has 0 unspecified atom stereocenters. The van der Waals surface area contributed by atoms with Crippen LogP contribution in [0.1, 0.15) is 29.6 Å². The Morgan fingerprint density at radius 3 is 3.07 bits per heavy atom. The molecule has 2 aliphatic heterocycles. The number of hydrogen-bond donors (Lipinski definition) is 2. The van der Waals surface area contributed by atoms with E-state index in [-0.39, 0.29) is 17.4 Å². The molecule has 1 aromatic carbocycles. The molecule has 0 radical (unpaired) electrons. The van der Waals surface area contributed by atoms with Crippen LogP contribution in [0.4, 0.5) is 0 Å². The third kappa shape index (κ3) is 2.78. The first-order chi connectivity index (χ1) is 13.2. The Kier molecular flexibility index (Phi) is 4.06. The summed E-state index contributed by atoms with van der Waals surface area (Å²) in [6, 6.07) is 10.8. The van der Waals surface area contributed by atoms with Crippen LogP contribution in [0.3, 0.4) is 0 Å². The van der Waals surface area contributed by atoms with E-state index in [2.05, 4.69) is 15.6 Å². The van der Waals surface area contributed by atoms with Crippen LogP contribution in [0, 0.1) is 5.92 Å². The summed E-state index contributed by atoms with van der Waals surface area (Å²) in [6.45, 7) is 2.07. The maximum atomic E-state index is 13.1. The minimum absolute atomic E-state index is 0.0850. The van der Waals surface area contributed by atoms with E-state index in [9.17, 15) is 9.59 Å². The van der Waals surface area contributed by atoms with Crippen LogP contribution in [0.2, 0.25) is 0 Å². The molecule has 0 spiro atoms. The highest BCUT2D eigenvalue weighted by Crippen LogP contribution is 2.38. The van der Waals surface area contributed by atoms with Gasteiger partial charge in [-0.1, -0.05) is 18.2 Å². The largest absolute Gasteiger partial charge is 0.350 e. The summed E-state index contributed by atoms with van der Waals surface area (Å²) >= 11 is 1.58. The molecule has 0 aliphatic carbocycles. The number of fused-ring (bicyclic) bond motifs is 5. The molecule has 3 aromatic rings. The smallest absolute Gasteiger partial charge is 0.251 e. The Balaban J connectivity index is 1.45. The average Bonchev–Trinajstić information content (AvgIpc) is 3.17. The highest BCUT2D eigenvalue weighted by molar-refractivity contribution is 7.16. The van der Waals surface area contributed by atoms with E-state index < -0.39 is 6.04 Å². The van der Waals surface area contributed by atoms with Crippen molar-refractivity contribution in [2.75, 3.05) is 13.1 Å². The summed E-state index contributed by atoms with van der Waals surface area (Å²) in [5, 5.41) is 6.50. The molecule has 0 saturated carbocycles. The highest BCUT2D eigenvalue weighted by Gasteiger charge is 2.41. The molecule has 1 amide bonds. The molecule has 2 aromatic heterocycles. The maximum absolute atomic E-state index is 13.1. The second kappa shape index (κ2) is 6.58. The van der Waals surface area contributed by atoms with Gasteiger partial charge < -0.3 is 10.6 Å². The zero-order valence-corrected chi connectivity index (χ0v) is 15.5. The standard InChI is InChI=1S/C20H20N4O2S/c25-17-6-2-5-16-13-7-14(9-21-8-13)18(24(16)17)20(26)22-10-12-3-1-4-15-19(12)27-11-23-15/h1-6,11,13-14,18,21H,7-10H2,(H,22,26)/t13-,14+,18-/m1/s1. The Morgan fingerprint density at radius 2 is 2.15 bits per heavy atom. The van der Waals surface area contributed by atoms with Gasteiger partial charge in [0.15, 0.2) is 0 Å². The van der Waals surface area contributed by atoms with Gasteiger partial charge in [-0.05, 0) is 24.1 Å². The van der Waals surface area contributed by atoms with Crippen LogP contribution in [-0.2, 0) is 11.3 Å². The predicted octanol–water partition coefficient (Wildman–Crippen LogP) is 2.02. The third-order valence-corrected chi connectivity index (χ3v) is 6.63. The number of carbonyl (C=O) groups is 1. The van der Waals surface area contributed by atoms with Crippen molar-refractivity contribution < 1.29 is 4.79 Å². The van der Waals surface area contributed by atoms with Crippen LogP contribution in [-0.4, -0.2) is 28.5 Å². The van der Waals surface area contributed by atoms with Gasteiger partial charge in [-0.2, -0.15) is 0 Å². The van der Waals surface area contributed by atoms with Gasteiger partial charge in [0.1, 0.15) is 6.04 Å². The number of hydrogen-bond acceptors (Lipinski definition) is 5. The fraction of sp³-hybridized carbons (Fsp3) is 0.350. The first-order valence-electron chi connectivity index (χ1n) is 9.23. The summed E-state index contributed by atoms with van der Waals surface area (Å²) in [4.78, 5) is 30.1. The van der Waals surface area contributed by atoms with Crippen molar-refractivity contribution in [3.05, 3.63) is 63.5 Å². The van der Waals surface area contributed by atoms with E-state index >= 15 is 0 Å². The van der Waals surface area contributed by atoms with Gasteiger partial charge in [0.05, 0.1) is 15.7 Å². The molecule has 3 atom stereocenters. The van der Waals surface area contributed by atoms with Crippen molar-refractivity contribution in [3.8, 4) is 0 Å². The molecule has 2 aliphatic rings. The zero-order valence-electron chi connectivity index (χ0n) is 14.7. The van der Waals surface area contributed by atoms with Crippen LogP contribution in [0.25, 0.3) is 10.2 Å². The summed E-state index contributed by atoms with van der Waals surface area (Å²) < 4.78 is 2.82. The zero-order chi connectivity index (χ0) is 18.4. The van der Waals surface area contributed by atoms with Gasteiger partial charge in [-0.3, -0.25) is 14.2 Å². The number of amides is 1. The SMILES string of the molecule is O=C(NCc1cccc2ncsc12)[C@H]1[C@@H]2CNC[C@@H](C2)c2cccc(=O)n21. The van der Waals surface area contributed by atoms with Gasteiger partial charge in [-0.15, -0.1) is 11.3 Å². The quantitative estimate of drug-likeness (QED) is 0.729. The number of nitrogens with one attached hydrogen (secondary N) is 2. The lowest BCUT2D eigenvalue weighted by Crippen LogP contribution is -2.52. The van der Waals surface area contributed by atoms with Gasteiger partial charge >= 0.3 is 0 Å². The molecule has 2 bridgehead atoms. The van der Waals surface area contributed by atoms with Crippen LogP contribution >= 0.6 is 11.3 Å². The molecular formula is C20H20N4O2S. The van der Waals surface area contributed by atoms with Crippen molar-refractivity contribution in [1.29, 1.82) is 0 Å². The van der Waals surface area contributed by atoms with Gasteiger partial charge in [-0.25, -0.2) is 4.98 Å². The van der Waals surface area contributed by atoms with E-state index in [1.165, 1.54) is 0 Å². The first-order valence-corrected chi connectivity index (χ1v) is 10.1. The van der Waals surface area contributed by atoms with Crippen molar-refractivity contribution >= 4 is 27.5 Å². The monoisotopic (exact) mass is 380 g/mol. The lowest BCUT2D eigenvalue weighted by atomic mass is 9.79. The molecule has 6 nitrogen and oxygen atoms in total. The minimum Gasteiger partial charge on any atom is -0.350 e. The first kappa shape index (κ1) is 16.6. The topological polar surface area (TPSA) is 76.0 Å². The Morgan fingerprint density at radius 1 is 1.26 bits per heavy atom. The van der Waals surface area contributed by atoms with Crippen LogP contribution in [0.5, 0.6) is 0 Å². The number of rotatable bonds is 3. The van der Waals surface area contributed by atoms with Crippen molar-refractivity contribution in [2.45, 2.75) is 24.9 Å². The fourth-order valence-electron chi connectivity index (χ4n) is 4.50. The van der Waals surface area contributed by atoms with E-state index in [1.54, 1.807) is 28.0 Å². The Labute approximate surface area is 160 Å². The molecule has 7 heteroatoms.